The lowest BCUT2D eigenvalue weighted by atomic mass is 10.1. The number of aromatic amines is 2. The van der Waals surface area contributed by atoms with Crippen molar-refractivity contribution >= 4 is 17.7 Å². The van der Waals surface area contributed by atoms with Crippen molar-refractivity contribution in [2.45, 2.75) is 37.8 Å². The summed E-state index contributed by atoms with van der Waals surface area (Å²) >= 11 is 0. The van der Waals surface area contributed by atoms with Gasteiger partial charge in [0.1, 0.15) is 11.4 Å². The number of fused-ring (bicyclic) bond motifs is 2. The van der Waals surface area contributed by atoms with Crippen molar-refractivity contribution in [3.63, 3.8) is 0 Å². The molecule has 2 aliphatic rings. The van der Waals surface area contributed by atoms with Crippen molar-refractivity contribution in [1.82, 2.24) is 29.5 Å². The summed E-state index contributed by atoms with van der Waals surface area (Å²) in [7, 11) is 1.66. The van der Waals surface area contributed by atoms with Gasteiger partial charge in [0.15, 0.2) is 5.65 Å². The molecule has 1 atom stereocenters. The Morgan fingerprint density at radius 2 is 2.15 bits per heavy atom. The van der Waals surface area contributed by atoms with Crippen LogP contribution in [0.1, 0.15) is 42.1 Å². The number of methoxy groups -OCH3 is 1. The second-order valence-electron chi connectivity index (χ2n) is 8.33. The number of benzene rings is 1. The van der Waals surface area contributed by atoms with E-state index >= 15 is 0 Å². The fourth-order valence-electron chi connectivity index (χ4n) is 4.16. The van der Waals surface area contributed by atoms with Crippen molar-refractivity contribution < 1.29 is 9.84 Å². The number of hydrogen-bond donors (Lipinski definition) is 4. The van der Waals surface area contributed by atoms with E-state index in [0.717, 1.165) is 31.4 Å². The van der Waals surface area contributed by atoms with Gasteiger partial charge in [-0.05, 0) is 55.0 Å². The van der Waals surface area contributed by atoms with Crippen LogP contribution in [0.3, 0.4) is 0 Å². The van der Waals surface area contributed by atoms with Gasteiger partial charge in [-0.15, -0.1) is 0 Å². The molecule has 0 spiro atoms. The first-order valence-electron chi connectivity index (χ1n) is 10.8. The highest BCUT2D eigenvalue weighted by atomic mass is 16.5. The minimum atomic E-state index is -0.494. The number of nitrogens with one attached hydrogen (secondary N) is 3. The predicted octanol–water partition coefficient (Wildman–Crippen LogP) is 0.565. The number of aromatic hydroxyl groups is 1. The summed E-state index contributed by atoms with van der Waals surface area (Å²) in [6, 6.07) is 6.42. The van der Waals surface area contributed by atoms with Gasteiger partial charge >= 0.3 is 5.69 Å². The van der Waals surface area contributed by atoms with Crippen molar-refractivity contribution in [3.05, 3.63) is 62.5 Å². The molecule has 4 N–H and O–H groups in total. The van der Waals surface area contributed by atoms with Crippen LogP contribution in [0.5, 0.6) is 11.6 Å². The van der Waals surface area contributed by atoms with E-state index < -0.39 is 5.69 Å². The van der Waals surface area contributed by atoms with E-state index in [1.54, 1.807) is 23.9 Å². The largest absolute Gasteiger partial charge is 0.497 e. The lowest BCUT2D eigenvalue weighted by Gasteiger charge is -2.15. The molecule has 4 aromatic rings. The standard InChI is InChI=1S/C22H22N8O3/c1-33-14-6-2-11-3-7-16(15(11)9-14)25-20-27-18-12(8-17-19(31)28-22(32)26-17)10-23-30(18)21(29-20)24-13-4-5-13/h2,6,8-10,13,16,31H,3-5,7H2,1H3,(H,24,25,29)(H2,26,28,32). The molecule has 1 aromatic carbocycles. The summed E-state index contributed by atoms with van der Waals surface area (Å²) in [5.74, 6) is 1.02. The number of ether oxygens (including phenoxy) is 1. The number of H-pyrrole nitrogens is 2. The van der Waals surface area contributed by atoms with Crippen LogP contribution in [0.25, 0.3) is 11.7 Å². The molecule has 0 amide bonds. The summed E-state index contributed by atoms with van der Waals surface area (Å²) in [6.45, 7) is 0. The van der Waals surface area contributed by atoms with Crippen molar-refractivity contribution in [2.24, 2.45) is 4.99 Å². The molecule has 11 heteroatoms. The summed E-state index contributed by atoms with van der Waals surface area (Å²) in [4.78, 5) is 30.4. The number of anilines is 1. The van der Waals surface area contributed by atoms with E-state index in [-0.39, 0.29) is 23.7 Å². The van der Waals surface area contributed by atoms with Crippen LogP contribution in [0.4, 0.5) is 5.95 Å². The Morgan fingerprint density at radius 3 is 2.91 bits per heavy atom. The predicted molar refractivity (Wildman–Crippen MR) is 119 cm³/mol. The third-order valence-corrected chi connectivity index (χ3v) is 5.99. The molecular formula is C22H22N8O3. The van der Waals surface area contributed by atoms with Crippen LogP contribution < -0.4 is 26.6 Å². The minimum absolute atomic E-state index is 0.0479. The number of aryl methyl sites for hydroxylation is 1. The Hall–Kier alpha value is -4.15. The molecule has 2 aliphatic carbocycles. The van der Waals surface area contributed by atoms with Gasteiger partial charge in [0.25, 0.3) is 5.62 Å². The first-order chi connectivity index (χ1) is 16.1. The molecule has 0 bridgehead atoms. The Balaban J connectivity index is 1.46. The van der Waals surface area contributed by atoms with Gasteiger partial charge in [-0.2, -0.15) is 19.6 Å². The Labute approximate surface area is 186 Å². The van der Waals surface area contributed by atoms with Crippen LogP contribution in [-0.4, -0.2) is 47.8 Å². The molecule has 11 nitrogen and oxygen atoms in total. The van der Waals surface area contributed by atoms with Gasteiger partial charge in [-0.1, -0.05) is 6.07 Å². The van der Waals surface area contributed by atoms with Gasteiger partial charge in [0.05, 0.1) is 25.4 Å². The maximum atomic E-state index is 11.5. The summed E-state index contributed by atoms with van der Waals surface area (Å²) in [6.07, 6.45) is 7.17. The monoisotopic (exact) mass is 446 g/mol. The van der Waals surface area contributed by atoms with Crippen molar-refractivity contribution in [2.75, 3.05) is 12.4 Å². The average molecular weight is 446 g/mol. The van der Waals surface area contributed by atoms with E-state index in [1.165, 1.54) is 11.1 Å². The highest BCUT2D eigenvalue weighted by Crippen LogP contribution is 2.35. The average Bonchev–Trinajstić information content (AvgIpc) is 3.25. The summed E-state index contributed by atoms with van der Waals surface area (Å²) in [5.41, 5.74) is 3.21. The summed E-state index contributed by atoms with van der Waals surface area (Å²) in [5, 5.41) is 18.4. The third-order valence-electron chi connectivity index (χ3n) is 5.99. The molecule has 3 heterocycles. The Morgan fingerprint density at radius 1 is 1.27 bits per heavy atom. The van der Waals surface area contributed by atoms with Crippen LogP contribution in [0.15, 0.2) is 34.2 Å². The van der Waals surface area contributed by atoms with Crippen LogP contribution in [0, 0.1) is 0 Å². The third kappa shape index (κ3) is 3.60. The van der Waals surface area contributed by atoms with Crippen molar-refractivity contribution in [1.29, 1.82) is 0 Å². The molecular weight excluding hydrogens is 424 g/mol. The highest BCUT2D eigenvalue weighted by molar-refractivity contribution is 5.57. The Bertz CT molecular complexity index is 1550. The summed E-state index contributed by atoms with van der Waals surface area (Å²) < 4.78 is 6.99. The first-order valence-corrected chi connectivity index (χ1v) is 10.8. The highest BCUT2D eigenvalue weighted by Gasteiger charge is 2.25. The molecule has 168 valence electrons. The van der Waals surface area contributed by atoms with Crippen LogP contribution in [0.2, 0.25) is 0 Å². The van der Waals surface area contributed by atoms with Gasteiger partial charge in [0.2, 0.25) is 11.8 Å². The number of imidazole rings is 1. The van der Waals surface area contributed by atoms with E-state index in [1.807, 2.05) is 6.07 Å². The maximum absolute atomic E-state index is 11.5. The van der Waals surface area contributed by atoms with E-state index in [0.29, 0.717) is 22.4 Å². The lowest BCUT2D eigenvalue weighted by Crippen LogP contribution is -2.25. The fourth-order valence-corrected chi connectivity index (χ4v) is 4.16. The van der Waals surface area contributed by atoms with Crippen LogP contribution in [-0.2, 0) is 6.42 Å². The zero-order chi connectivity index (χ0) is 22.5. The SMILES string of the molecule is COc1ccc2c(c1)C(Nc1nc(=NC3CC3)n3ncc(=Cc4[nH]c(=O)[nH]c4O)c3n1)CC2. The normalized spacial score (nSPS) is 18.8. The number of rotatable bonds is 5. The van der Waals surface area contributed by atoms with E-state index in [9.17, 15) is 9.90 Å². The zero-order valence-corrected chi connectivity index (χ0v) is 17.9. The van der Waals surface area contributed by atoms with Gasteiger partial charge in [0, 0.05) is 5.22 Å². The van der Waals surface area contributed by atoms with Crippen molar-refractivity contribution in [3.8, 4) is 11.6 Å². The molecule has 3 aromatic heterocycles. The molecule has 0 aliphatic heterocycles. The second-order valence-corrected chi connectivity index (χ2v) is 8.33. The fraction of sp³-hybridized carbons (Fsp3) is 0.318. The molecule has 33 heavy (non-hydrogen) atoms. The minimum Gasteiger partial charge on any atom is -0.497 e. The van der Waals surface area contributed by atoms with E-state index in [2.05, 4.69) is 37.5 Å². The second kappa shape index (κ2) is 7.47. The maximum Gasteiger partial charge on any atom is 0.326 e. The molecule has 1 unspecified atom stereocenters. The molecule has 0 saturated heterocycles. The lowest BCUT2D eigenvalue weighted by molar-refractivity contribution is 0.414. The quantitative estimate of drug-likeness (QED) is 0.350. The van der Waals surface area contributed by atoms with E-state index in [4.69, 9.17) is 14.7 Å². The van der Waals surface area contributed by atoms with Gasteiger partial charge in [-0.25, -0.2) is 9.79 Å². The molecule has 1 saturated carbocycles. The topological polar surface area (TPSA) is 146 Å². The zero-order valence-electron chi connectivity index (χ0n) is 17.9. The molecule has 1 fully saturated rings. The van der Waals surface area contributed by atoms with Gasteiger partial charge < -0.3 is 20.1 Å². The van der Waals surface area contributed by atoms with Gasteiger partial charge in [-0.3, -0.25) is 4.98 Å². The van der Waals surface area contributed by atoms with Crippen LogP contribution >= 0.6 is 0 Å². The first kappa shape index (κ1) is 19.5. The Kier molecular flexibility index (Phi) is 4.42. The molecule has 6 rings (SSSR count). The smallest absolute Gasteiger partial charge is 0.326 e. The number of hydrogen-bond acceptors (Lipinski definition) is 8. The number of aromatic nitrogens is 6. The number of nitrogens with zero attached hydrogens (tertiary/aromatic N) is 5. The molecule has 0 radical (unpaired) electrons.